The van der Waals surface area contributed by atoms with Gasteiger partial charge >= 0.3 is 0 Å². The number of halogens is 2. The molecule has 0 spiro atoms. The molecule has 2 heterocycles. The summed E-state index contributed by atoms with van der Waals surface area (Å²) in [4.78, 5) is 4.00. The van der Waals surface area contributed by atoms with Crippen LogP contribution in [0.3, 0.4) is 0 Å². The van der Waals surface area contributed by atoms with Crippen molar-refractivity contribution in [3.8, 4) is 0 Å². The SMILES string of the molecule is CC(CCc1ccco1)n1c(N)nc2c(F)cc(F)cc21. The number of hydrogen-bond acceptors (Lipinski definition) is 3. The third-order valence-electron chi connectivity index (χ3n) is 3.57. The highest BCUT2D eigenvalue weighted by Crippen LogP contribution is 2.27. The summed E-state index contributed by atoms with van der Waals surface area (Å²) in [6, 6.07) is 5.73. The van der Waals surface area contributed by atoms with E-state index >= 15 is 0 Å². The first-order valence-corrected chi connectivity index (χ1v) is 6.71. The molecule has 0 saturated heterocycles. The van der Waals surface area contributed by atoms with Crippen LogP contribution in [0.5, 0.6) is 0 Å². The number of hydrogen-bond donors (Lipinski definition) is 1. The summed E-state index contributed by atoms with van der Waals surface area (Å²) < 4.78 is 34.1. The predicted octanol–water partition coefficient (Wildman–Crippen LogP) is 3.68. The number of furan rings is 1. The van der Waals surface area contributed by atoms with Crippen LogP contribution in [0.4, 0.5) is 14.7 Å². The van der Waals surface area contributed by atoms with Crippen LogP contribution in [0.1, 0.15) is 25.1 Å². The summed E-state index contributed by atoms with van der Waals surface area (Å²) >= 11 is 0. The minimum absolute atomic E-state index is 0.0544. The van der Waals surface area contributed by atoms with Gasteiger partial charge in [0.2, 0.25) is 5.95 Å². The van der Waals surface area contributed by atoms with Gasteiger partial charge in [0.15, 0.2) is 5.82 Å². The third kappa shape index (κ3) is 2.49. The van der Waals surface area contributed by atoms with Crippen LogP contribution in [0.2, 0.25) is 0 Å². The van der Waals surface area contributed by atoms with Crippen molar-refractivity contribution in [2.75, 3.05) is 5.73 Å². The lowest BCUT2D eigenvalue weighted by molar-refractivity contribution is 0.459. The highest BCUT2D eigenvalue weighted by Gasteiger charge is 2.18. The van der Waals surface area contributed by atoms with Crippen LogP contribution in [0.25, 0.3) is 11.0 Å². The first-order chi connectivity index (χ1) is 10.1. The molecule has 1 unspecified atom stereocenters. The van der Waals surface area contributed by atoms with Gasteiger partial charge in [-0.3, -0.25) is 0 Å². The van der Waals surface area contributed by atoms with Gasteiger partial charge in [-0.2, -0.15) is 0 Å². The molecule has 0 fully saturated rings. The summed E-state index contributed by atoms with van der Waals surface area (Å²) in [6.07, 6.45) is 3.05. The topological polar surface area (TPSA) is 57.0 Å². The molecule has 0 bridgehead atoms. The fourth-order valence-corrected chi connectivity index (χ4v) is 2.54. The fourth-order valence-electron chi connectivity index (χ4n) is 2.54. The van der Waals surface area contributed by atoms with Gasteiger partial charge in [0.25, 0.3) is 0 Å². The smallest absolute Gasteiger partial charge is 0.201 e. The highest BCUT2D eigenvalue weighted by atomic mass is 19.1. The van der Waals surface area contributed by atoms with Crippen molar-refractivity contribution < 1.29 is 13.2 Å². The highest BCUT2D eigenvalue weighted by molar-refractivity contribution is 5.79. The molecule has 110 valence electrons. The standard InChI is InChI=1S/C15H15F2N3O/c1-9(4-5-11-3-2-6-21-11)20-13-8-10(16)7-12(17)14(13)19-15(20)18/h2-3,6-9H,4-5H2,1H3,(H2,18,19). The fraction of sp³-hybridized carbons (Fsp3) is 0.267. The number of imidazole rings is 1. The Morgan fingerprint density at radius 2 is 2.19 bits per heavy atom. The lowest BCUT2D eigenvalue weighted by atomic mass is 10.1. The second-order valence-corrected chi connectivity index (χ2v) is 5.06. The van der Waals surface area contributed by atoms with Gasteiger partial charge in [-0.05, 0) is 25.5 Å². The Morgan fingerprint density at radius 3 is 2.90 bits per heavy atom. The summed E-state index contributed by atoms with van der Waals surface area (Å²) in [5.74, 6) is -0.295. The molecule has 3 aromatic rings. The Hall–Kier alpha value is -2.37. The predicted molar refractivity (Wildman–Crippen MR) is 75.8 cm³/mol. The number of nitrogen functional groups attached to an aromatic ring is 1. The molecular formula is C15H15F2N3O. The summed E-state index contributed by atoms with van der Waals surface area (Å²) in [7, 11) is 0. The third-order valence-corrected chi connectivity index (χ3v) is 3.57. The molecule has 0 aliphatic rings. The number of aromatic nitrogens is 2. The van der Waals surface area contributed by atoms with Gasteiger partial charge in [0.1, 0.15) is 17.1 Å². The second-order valence-electron chi connectivity index (χ2n) is 5.06. The van der Waals surface area contributed by atoms with E-state index in [0.29, 0.717) is 11.9 Å². The van der Waals surface area contributed by atoms with Crippen LogP contribution < -0.4 is 5.73 Å². The van der Waals surface area contributed by atoms with E-state index in [0.717, 1.165) is 18.2 Å². The molecule has 4 nitrogen and oxygen atoms in total. The number of nitrogens with two attached hydrogens (primary N) is 1. The average molecular weight is 291 g/mol. The molecular weight excluding hydrogens is 276 g/mol. The van der Waals surface area contributed by atoms with Crippen LogP contribution in [-0.4, -0.2) is 9.55 Å². The van der Waals surface area contributed by atoms with E-state index in [9.17, 15) is 8.78 Å². The van der Waals surface area contributed by atoms with Crippen LogP contribution in [0.15, 0.2) is 34.9 Å². The normalized spacial score (nSPS) is 12.9. The quantitative estimate of drug-likeness (QED) is 0.797. The Bertz CT molecular complexity index is 765. The van der Waals surface area contributed by atoms with Crippen LogP contribution in [0, 0.1) is 11.6 Å². The van der Waals surface area contributed by atoms with E-state index in [1.807, 2.05) is 19.1 Å². The Morgan fingerprint density at radius 1 is 1.38 bits per heavy atom. The maximum Gasteiger partial charge on any atom is 0.201 e. The van der Waals surface area contributed by atoms with Crippen molar-refractivity contribution in [3.05, 3.63) is 47.9 Å². The van der Waals surface area contributed by atoms with Crippen LogP contribution in [-0.2, 0) is 6.42 Å². The van der Waals surface area contributed by atoms with Crippen molar-refractivity contribution in [1.82, 2.24) is 9.55 Å². The molecule has 0 aliphatic carbocycles. The first-order valence-electron chi connectivity index (χ1n) is 6.71. The Kier molecular flexibility index (Phi) is 3.37. The van der Waals surface area contributed by atoms with E-state index in [4.69, 9.17) is 10.2 Å². The van der Waals surface area contributed by atoms with Crippen molar-refractivity contribution in [1.29, 1.82) is 0 Å². The maximum atomic E-state index is 13.7. The van der Waals surface area contributed by atoms with Gasteiger partial charge in [-0.1, -0.05) is 0 Å². The van der Waals surface area contributed by atoms with Crippen molar-refractivity contribution >= 4 is 17.0 Å². The number of anilines is 1. The van der Waals surface area contributed by atoms with Gasteiger partial charge < -0.3 is 14.7 Å². The molecule has 0 radical (unpaired) electrons. The molecule has 2 aromatic heterocycles. The molecule has 0 amide bonds. The largest absolute Gasteiger partial charge is 0.469 e. The Balaban J connectivity index is 1.93. The minimum Gasteiger partial charge on any atom is -0.469 e. The lowest BCUT2D eigenvalue weighted by Crippen LogP contribution is -2.09. The monoisotopic (exact) mass is 291 g/mol. The zero-order chi connectivity index (χ0) is 15.0. The number of rotatable bonds is 4. The van der Waals surface area contributed by atoms with Gasteiger partial charge in [-0.25, -0.2) is 13.8 Å². The number of aryl methyl sites for hydroxylation is 1. The number of nitrogens with zero attached hydrogens (tertiary/aromatic N) is 2. The summed E-state index contributed by atoms with van der Waals surface area (Å²) in [5, 5.41) is 0. The maximum absolute atomic E-state index is 13.7. The second kappa shape index (κ2) is 5.20. The van der Waals surface area contributed by atoms with Gasteiger partial charge in [-0.15, -0.1) is 0 Å². The summed E-state index contributed by atoms with van der Waals surface area (Å²) in [6.45, 7) is 1.93. The molecule has 0 aliphatic heterocycles. The number of fused-ring (bicyclic) bond motifs is 1. The number of benzene rings is 1. The zero-order valence-electron chi connectivity index (χ0n) is 11.5. The molecule has 1 aromatic carbocycles. The molecule has 21 heavy (non-hydrogen) atoms. The average Bonchev–Trinajstić information content (AvgIpc) is 3.03. The molecule has 3 rings (SSSR count). The van der Waals surface area contributed by atoms with Crippen molar-refractivity contribution in [2.24, 2.45) is 0 Å². The lowest BCUT2D eigenvalue weighted by Gasteiger charge is -2.15. The molecule has 2 N–H and O–H groups in total. The van der Waals surface area contributed by atoms with E-state index in [2.05, 4.69) is 4.98 Å². The van der Waals surface area contributed by atoms with E-state index in [-0.39, 0.29) is 17.5 Å². The summed E-state index contributed by atoms with van der Waals surface area (Å²) in [5.41, 5.74) is 6.33. The van der Waals surface area contributed by atoms with E-state index < -0.39 is 11.6 Å². The van der Waals surface area contributed by atoms with Gasteiger partial charge in [0.05, 0.1) is 11.8 Å². The van der Waals surface area contributed by atoms with E-state index in [1.165, 1.54) is 6.07 Å². The Labute approximate surface area is 120 Å². The first kappa shape index (κ1) is 13.6. The molecule has 0 saturated carbocycles. The minimum atomic E-state index is -0.700. The molecule has 1 atom stereocenters. The van der Waals surface area contributed by atoms with Gasteiger partial charge in [0, 0.05) is 24.6 Å². The van der Waals surface area contributed by atoms with Crippen LogP contribution >= 0.6 is 0 Å². The molecule has 6 heteroatoms. The van der Waals surface area contributed by atoms with E-state index in [1.54, 1.807) is 10.8 Å². The zero-order valence-corrected chi connectivity index (χ0v) is 11.5. The van der Waals surface area contributed by atoms with Crippen molar-refractivity contribution in [2.45, 2.75) is 25.8 Å². The van der Waals surface area contributed by atoms with Crippen molar-refractivity contribution in [3.63, 3.8) is 0 Å².